The van der Waals surface area contributed by atoms with Crippen molar-refractivity contribution in [2.24, 2.45) is 5.73 Å². The zero-order valence-corrected chi connectivity index (χ0v) is 9.99. The first-order chi connectivity index (χ1) is 7.77. The molecule has 0 bridgehead atoms. The third-order valence-corrected chi connectivity index (χ3v) is 3.26. The van der Waals surface area contributed by atoms with Crippen LogP contribution in [0.3, 0.4) is 0 Å². The number of benzene rings is 1. The molecule has 1 fully saturated rings. The Kier molecular flexibility index (Phi) is 3.83. The molecule has 1 aliphatic carbocycles. The monoisotopic (exact) mass is 219 g/mol. The predicted molar refractivity (Wildman–Crippen MR) is 66.5 cm³/mol. The minimum Gasteiger partial charge on any atom is -0.490 e. The van der Waals surface area contributed by atoms with E-state index in [1.54, 1.807) is 0 Å². The van der Waals surface area contributed by atoms with Gasteiger partial charge in [-0.15, -0.1) is 0 Å². The van der Waals surface area contributed by atoms with Crippen LogP contribution in [0, 0.1) is 0 Å². The average molecular weight is 219 g/mol. The van der Waals surface area contributed by atoms with Crippen LogP contribution in [0.1, 0.15) is 50.6 Å². The zero-order valence-electron chi connectivity index (χ0n) is 9.99. The van der Waals surface area contributed by atoms with Crippen LogP contribution in [0.2, 0.25) is 0 Å². The molecule has 0 aliphatic heterocycles. The van der Waals surface area contributed by atoms with E-state index < -0.39 is 0 Å². The molecule has 0 radical (unpaired) electrons. The number of rotatable bonds is 3. The molecule has 0 unspecified atom stereocenters. The van der Waals surface area contributed by atoms with Gasteiger partial charge < -0.3 is 10.5 Å². The Morgan fingerprint density at radius 1 is 1.19 bits per heavy atom. The zero-order chi connectivity index (χ0) is 11.4. The van der Waals surface area contributed by atoms with Gasteiger partial charge in [0, 0.05) is 11.6 Å². The molecule has 1 aliphatic rings. The minimum absolute atomic E-state index is 0.0415. The molecule has 1 aromatic rings. The van der Waals surface area contributed by atoms with Gasteiger partial charge >= 0.3 is 0 Å². The number of hydrogen-bond acceptors (Lipinski definition) is 2. The molecule has 1 saturated carbocycles. The Balaban J connectivity index is 2.07. The molecule has 2 N–H and O–H groups in total. The van der Waals surface area contributed by atoms with Gasteiger partial charge in [0.05, 0.1) is 6.10 Å². The van der Waals surface area contributed by atoms with E-state index in [1.807, 2.05) is 25.1 Å². The summed E-state index contributed by atoms with van der Waals surface area (Å²) in [6, 6.07) is 8.17. The Bertz CT molecular complexity index is 329. The van der Waals surface area contributed by atoms with Gasteiger partial charge in [0.15, 0.2) is 0 Å². The lowest BCUT2D eigenvalue weighted by molar-refractivity contribution is 0.153. The normalized spacial score (nSPS) is 19.4. The quantitative estimate of drug-likeness (QED) is 0.845. The van der Waals surface area contributed by atoms with Crippen LogP contribution in [-0.4, -0.2) is 6.10 Å². The van der Waals surface area contributed by atoms with Gasteiger partial charge in [-0.05, 0) is 38.7 Å². The van der Waals surface area contributed by atoms with Gasteiger partial charge in [0.1, 0.15) is 5.75 Å². The van der Waals surface area contributed by atoms with E-state index in [9.17, 15) is 0 Å². The van der Waals surface area contributed by atoms with E-state index in [0.717, 1.165) is 11.3 Å². The fourth-order valence-corrected chi connectivity index (χ4v) is 2.33. The van der Waals surface area contributed by atoms with E-state index in [2.05, 4.69) is 6.07 Å². The molecule has 0 saturated heterocycles. The summed E-state index contributed by atoms with van der Waals surface area (Å²) < 4.78 is 6.07. The van der Waals surface area contributed by atoms with Crippen LogP contribution in [0.25, 0.3) is 0 Å². The number of hydrogen-bond donors (Lipinski definition) is 1. The smallest absolute Gasteiger partial charge is 0.124 e. The van der Waals surface area contributed by atoms with E-state index in [-0.39, 0.29) is 6.04 Å². The highest BCUT2D eigenvalue weighted by molar-refractivity contribution is 5.35. The summed E-state index contributed by atoms with van der Waals surface area (Å²) >= 11 is 0. The summed E-state index contributed by atoms with van der Waals surface area (Å²) in [5.41, 5.74) is 7.06. The lowest BCUT2D eigenvalue weighted by atomic mass is 9.97. The summed E-state index contributed by atoms with van der Waals surface area (Å²) in [7, 11) is 0. The van der Waals surface area contributed by atoms with Crippen LogP contribution in [-0.2, 0) is 0 Å². The largest absolute Gasteiger partial charge is 0.490 e. The van der Waals surface area contributed by atoms with Crippen LogP contribution < -0.4 is 10.5 Å². The molecule has 1 atom stereocenters. The highest BCUT2D eigenvalue weighted by Gasteiger charge is 2.16. The number of para-hydroxylation sites is 1. The van der Waals surface area contributed by atoms with Crippen LogP contribution in [0.15, 0.2) is 24.3 Å². The van der Waals surface area contributed by atoms with Gasteiger partial charge in [0.2, 0.25) is 0 Å². The third-order valence-electron chi connectivity index (χ3n) is 3.26. The standard InChI is InChI=1S/C14H21NO/c1-11(15)13-9-5-6-10-14(13)16-12-7-3-2-4-8-12/h5-6,9-12H,2-4,7-8,15H2,1H3/t11-/m1/s1. The fraction of sp³-hybridized carbons (Fsp3) is 0.571. The molecule has 1 aromatic carbocycles. The topological polar surface area (TPSA) is 35.2 Å². The molecular weight excluding hydrogens is 198 g/mol. The molecular formula is C14H21NO. The molecule has 0 spiro atoms. The highest BCUT2D eigenvalue weighted by Crippen LogP contribution is 2.28. The molecule has 0 heterocycles. The maximum atomic E-state index is 6.07. The van der Waals surface area contributed by atoms with Crippen molar-refractivity contribution in [2.75, 3.05) is 0 Å². The van der Waals surface area contributed by atoms with Crippen molar-refractivity contribution in [1.82, 2.24) is 0 Å². The van der Waals surface area contributed by atoms with Gasteiger partial charge in [0.25, 0.3) is 0 Å². The van der Waals surface area contributed by atoms with Crippen molar-refractivity contribution in [2.45, 2.75) is 51.2 Å². The molecule has 0 amide bonds. The molecule has 88 valence electrons. The Morgan fingerprint density at radius 3 is 2.56 bits per heavy atom. The molecule has 2 rings (SSSR count). The minimum atomic E-state index is 0.0415. The Morgan fingerprint density at radius 2 is 1.88 bits per heavy atom. The average Bonchev–Trinajstić information content (AvgIpc) is 2.31. The van der Waals surface area contributed by atoms with Crippen molar-refractivity contribution in [3.63, 3.8) is 0 Å². The lowest BCUT2D eigenvalue weighted by Gasteiger charge is -2.25. The molecule has 16 heavy (non-hydrogen) atoms. The van der Waals surface area contributed by atoms with E-state index in [0.29, 0.717) is 6.10 Å². The number of nitrogens with two attached hydrogens (primary N) is 1. The second-order valence-electron chi connectivity index (χ2n) is 4.70. The van der Waals surface area contributed by atoms with Gasteiger partial charge in [-0.3, -0.25) is 0 Å². The first-order valence-corrected chi connectivity index (χ1v) is 6.28. The van der Waals surface area contributed by atoms with Crippen molar-refractivity contribution in [3.05, 3.63) is 29.8 Å². The Hall–Kier alpha value is -1.02. The second-order valence-corrected chi connectivity index (χ2v) is 4.70. The summed E-state index contributed by atoms with van der Waals surface area (Å²) in [6.45, 7) is 2.00. The predicted octanol–water partition coefficient (Wildman–Crippen LogP) is 3.42. The summed E-state index contributed by atoms with van der Waals surface area (Å²) in [5.74, 6) is 0.976. The lowest BCUT2D eigenvalue weighted by Crippen LogP contribution is -2.21. The second kappa shape index (κ2) is 5.35. The van der Waals surface area contributed by atoms with Crippen molar-refractivity contribution < 1.29 is 4.74 Å². The SMILES string of the molecule is C[C@@H](N)c1ccccc1OC1CCCCC1. The fourth-order valence-electron chi connectivity index (χ4n) is 2.33. The molecule has 0 aromatic heterocycles. The summed E-state index contributed by atoms with van der Waals surface area (Å²) in [6.07, 6.45) is 6.72. The summed E-state index contributed by atoms with van der Waals surface area (Å²) in [4.78, 5) is 0. The van der Waals surface area contributed by atoms with Gasteiger partial charge in [-0.2, -0.15) is 0 Å². The van der Waals surface area contributed by atoms with Gasteiger partial charge in [-0.25, -0.2) is 0 Å². The number of ether oxygens (including phenoxy) is 1. The van der Waals surface area contributed by atoms with Crippen LogP contribution in [0.5, 0.6) is 5.75 Å². The van der Waals surface area contributed by atoms with Crippen molar-refractivity contribution in [1.29, 1.82) is 0 Å². The van der Waals surface area contributed by atoms with E-state index in [1.165, 1.54) is 32.1 Å². The summed E-state index contributed by atoms with van der Waals surface area (Å²) in [5, 5.41) is 0. The Labute approximate surface area is 97.8 Å². The molecule has 2 heteroatoms. The van der Waals surface area contributed by atoms with Crippen molar-refractivity contribution >= 4 is 0 Å². The third kappa shape index (κ3) is 2.76. The van der Waals surface area contributed by atoms with E-state index in [4.69, 9.17) is 10.5 Å². The maximum absolute atomic E-state index is 6.07. The van der Waals surface area contributed by atoms with Gasteiger partial charge in [-0.1, -0.05) is 24.6 Å². The first kappa shape index (κ1) is 11.5. The highest BCUT2D eigenvalue weighted by atomic mass is 16.5. The first-order valence-electron chi connectivity index (χ1n) is 6.28. The van der Waals surface area contributed by atoms with Crippen LogP contribution in [0.4, 0.5) is 0 Å². The van der Waals surface area contributed by atoms with Crippen LogP contribution >= 0.6 is 0 Å². The van der Waals surface area contributed by atoms with Crippen molar-refractivity contribution in [3.8, 4) is 5.75 Å². The van der Waals surface area contributed by atoms with E-state index >= 15 is 0 Å². The molecule has 2 nitrogen and oxygen atoms in total. The maximum Gasteiger partial charge on any atom is 0.124 e.